The van der Waals surface area contributed by atoms with Crippen LogP contribution in [0.4, 0.5) is 5.69 Å². The highest BCUT2D eigenvalue weighted by molar-refractivity contribution is 7.89. The molecule has 1 fully saturated rings. The zero-order valence-corrected chi connectivity index (χ0v) is 19.2. The third-order valence-corrected chi connectivity index (χ3v) is 7.48. The third kappa shape index (κ3) is 5.19. The second kappa shape index (κ2) is 9.52. The highest BCUT2D eigenvalue weighted by atomic mass is 35.5. The maximum absolute atomic E-state index is 12.9. The minimum atomic E-state index is -3.83. The van der Waals surface area contributed by atoms with Crippen molar-refractivity contribution in [3.8, 4) is 5.75 Å². The van der Waals surface area contributed by atoms with Gasteiger partial charge in [-0.15, -0.1) is 0 Å². The van der Waals surface area contributed by atoms with Crippen molar-refractivity contribution in [2.75, 3.05) is 38.2 Å². The fraction of sp³-hybridized carbons (Fsp3) is 0.273. The summed E-state index contributed by atoms with van der Waals surface area (Å²) in [5.74, 6) is -0.157. The van der Waals surface area contributed by atoms with E-state index in [0.29, 0.717) is 24.5 Å². The third-order valence-electron chi connectivity index (χ3n) is 5.10. The lowest BCUT2D eigenvalue weighted by atomic mass is 10.1. The fourth-order valence-corrected chi connectivity index (χ4v) is 5.35. The molecule has 1 aliphatic rings. The van der Waals surface area contributed by atoms with Gasteiger partial charge in [-0.25, -0.2) is 13.2 Å². The standard InChI is InChI=1S/C22H21ClN2O7S/c1-14-10-22(27)32-19-12-16(3-4-17(14)19)31-13-21(26)24-15-2-5-18(23)20(11-15)33(28,29)25-6-8-30-9-7-25/h2-5,10-12H,6-9,13H2,1H3,(H,24,26). The monoisotopic (exact) mass is 492 g/mol. The van der Waals surface area contributed by atoms with Crippen molar-refractivity contribution in [1.82, 2.24) is 4.31 Å². The van der Waals surface area contributed by atoms with Crippen molar-refractivity contribution in [3.05, 3.63) is 63.5 Å². The lowest BCUT2D eigenvalue weighted by molar-refractivity contribution is -0.118. The number of nitrogens with one attached hydrogen (secondary N) is 1. The highest BCUT2D eigenvalue weighted by Gasteiger charge is 2.28. The van der Waals surface area contributed by atoms with Crippen molar-refractivity contribution >= 4 is 44.2 Å². The molecule has 0 radical (unpaired) electrons. The Morgan fingerprint density at radius 3 is 2.67 bits per heavy atom. The molecule has 0 atom stereocenters. The number of carbonyl (C=O) groups excluding carboxylic acids is 1. The zero-order valence-electron chi connectivity index (χ0n) is 17.7. The molecular weight excluding hydrogens is 472 g/mol. The largest absolute Gasteiger partial charge is 0.484 e. The summed E-state index contributed by atoms with van der Waals surface area (Å²) in [6, 6.07) is 10.6. The van der Waals surface area contributed by atoms with Gasteiger partial charge in [0.05, 0.1) is 18.2 Å². The minimum Gasteiger partial charge on any atom is -0.484 e. The fourth-order valence-electron chi connectivity index (χ4n) is 3.45. The van der Waals surface area contributed by atoms with Crippen LogP contribution in [0.15, 0.2) is 56.6 Å². The molecule has 4 rings (SSSR count). The summed E-state index contributed by atoms with van der Waals surface area (Å²) in [6.45, 7) is 2.54. The second-order valence-electron chi connectivity index (χ2n) is 7.40. The molecule has 1 N–H and O–H groups in total. The maximum Gasteiger partial charge on any atom is 0.336 e. The number of benzene rings is 2. The maximum atomic E-state index is 12.9. The predicted molar refractivity (Wildman–Crippen MR) is 122 cm³/mol. The van der Waals surface area contributed by atoms with Gasteiger partial charge in [0, 0.05) is 36.3 Å². The molecule has 174 valence electrons. The Hall–Kier alpha value is -2.92. The molecule has 3 aromatic rings. The number of rotatable bonds is 6. The van der Waals surface area contributed by atoms with Crippen LogP contribution in [0, 0.1) is 6.92 Å². The summed E-state index contributed by atoms with van der Waals surface area (Å²) >= 11 is 6.14. The number of anilines is 1. The number of halogens is 1. The SMILES string of the molecule is Cc1cc(=O)oc2cc(OCC(=O)Nc3ccc(Cl)c(S(=O)(=O)N4CCOCC4)c3)ccc12. The van der Waals surface area contributed by atoms with E-state index in [1.54, 1.807) is 19.1 Å². The number of hydrogen-bond donors (Lipinski definition) is 1. The summed E-state index contributed by atoms with van der Waals surface area (Å²) in [5.41, 5.74) is 0.921. The van der Waals surface area contributed by atoms with E-state index in [1.165, 1.54) is 34.6 Å². The molecule has 2 heterocycles. The minimum absolute atomic E-state index is 0.0590. The molecule has 1 amide bonds. The normalized spacial score (nSPS) is 14.8. The second-order valence-corrected chi connectivity index (χ2v) is 9.72. The van der Waals surface area contributed by atoms with Crippen LogP contribution in [0.3, 0.4) is 0 Å². The number of aryl methyl sites for hydroxylation is 1. The molecule has 9 nitrogen and oxygen atoms in total. The van der Waals surface area contributed by atoms with Crippen LogP contribution in [0.2, 0.25) is 5.02 Å². The Bertz CT molecular complexity index is 1360. The Morgan fingerprint density at radius 1 is 1.15 bits per heavy atom. The number of carbonyl (C=O) groups is 1. The number of fused-ring (bicyclic) bond motifs is 1. The topological polar surface area (TPSA) is 115 Å². The van der Waals surface area contributed by atoms with E-state index in [0.717, 1.165) is 10.9 Å². The number of hydrogen-bond acceptors (Lipinski definition) is 7. The van der Waals surface area contributed by atoms with Crippen LogP contribution >= 0.6 is 11.6 Å². The average molecular weight is 493 g/mol. The lowest BCUT2D eigenvalue weighted by Crippen LogP contribution is -2.40. The molecule has 1 aromatic heterocycles. The lowest BCUT2D eigenvalue weighted by Gasteiger charge is -2.26. The summed E-state index contributed by atoms with van der Waals surface area (Å²) in [5, 5.41) is 3.43. The highest BCUT2D eigenvalue weighted by Crippen LogP contribution is 2.28. The van der Waals surface area contributed by atoms with Crippen LogP contribution in [-0.2, 0) is 19.6 Å². The Morgan fingerprint density at radius 2 is 1.91 bits per heavy atom. The number of amides is 1. The van der Waals surface area contributed by atoms with Crippen molar-refractivity contribution in [3.63, 3.8) is 0 Å². The summed E-state index contributed by atoms with van der Waals surface area (Å²) in [7, 11) is -3.83. The Balaban J connectivity index is 1.45. The van der Waals surface area contributed by atoms with E-state index < -0.39 is 21.6 Å². The van der Waals surface area contributed by atoms with Gasteiger partial charge in [-0.1, -0.05) is 11.6 Å². The average Bonchev–Trinajstić information content (AvgIpc) is 2.79. The Kier molecular flexibility index (Phi) is 6.71. The van der Waals surface area contributed by atoms with Gasteiger partial charge in [-0.3, -0.25) is 4.79 Å². The van der Waals surface area contributed by atoms with E-state index >= 15 is 0 Å². The van der Waals surface area contributed by atoms with Crippen LogP contribution in [0.25, 0.3) is 11.0 Å². The number of morpholine rings is 1. The van der Waals surface area contributed by atoms with E-state index in [1.807, 2.05) is 0 Å². The van der Waals surface area contributed by atoms with Crippen molar-refractivity contribution < 1.29 is 27.1 Å². The molecule has 0 bridgehead atoms. The molecule has 0 spiro atoms. The van der Waals surface area contributed by atoms with Crippen LogP contribution in [-0.4, -0.2) is 51.5 Å². The molecule has 2 aromatic carbocycles. The molecule has 0 unspecified atom stereocenters. The zero-order chi connectivity index (χ0) is 23.6. The molecule has 11 heteroatoms. The van der Waals surface area contributed by atoms with E-state index in [-0.39, 0.29) is 35.3 Å². The summed E-state index contributed by atoms with van der Waals surface area (Å²) in [6.07, 6.45) is 0. The van der Waals surface area contributed by atoms with E-state index in [9.17, 15) is 18.0 Å². The van der Waals surface area contributed by atoms with Crippen LogP contribution in [0.1, 0.15) is 5.56 Å². The smallest absolute Gasteiger partial charge is 0.336 e. The molecule has 0 aliphatic carbocycles. The van der Waals surface area contributed by atoms with Gasteiger partial charge in [0.1, 0.15) is 16.2 Å². The Labute approximate surface area is 194 Å². The van der Waals surface area contributed by atoms with Crippen molar-refractivity contribution in [1.29, 1.82) is 0 Å². The van der Waals surface area contributed by atoms with Gasteiger partial charge in [-0.05, 0) is 42.8 Å². The van der Waals surface area contributed by atoms with Crippen LogP contribution < -0.4 is 15.7 Å². The van der Waals surface area contributed by atoms with E-state index in [2.05, 4.69) is 5.32 Å². The molecular formula is C22H21ClN2O7S. The van der Waals surface area contributed by atoms with Gasteiger partial charge in [0.2, 0.25) is 10.0 Å². The van der Waals surface area contributed by atoms with Crippen molar-refractivity contribution in [2.24, 2.45) is 0 Å². The van der Waals surface area contributed by atoms with Gasteiger partial charge in [0.25, 0.3) is 5.91 Å². The molecule has 1 aliphatic heterocycles. The van der Waals surface area contributed by atoms with Crippen LogP contribution in [0.5, 0.6) is 5.75 Å². The molecule has 0 saturated carbocycles. The number of ether oxygens (including phenoxy) is 2. The first-order chi connectivity index (χ1) is 15.7. The number of sulfonamides is 1. The quantitative estimate of drug-likeness (QED) is 0.526. The van der Waals surface area contributed by atoms with E-state index in [4.69, 9.17) is 25.5 Å². The first-order valence-electron chi connectivity index (χ1n) is 10.1. The first kappa shape index (κ1) is 23.2. The first-order valence-corrected chi connectivity index (χ1v) is 11.9. The summed E-state index contributed by atoms with van der Waals surface area (Å²) in [4.78, 5) is 23.9. The predicted octanol–water partition coefficient (Wildman–Crippen LogP) is 2.79. The van der Waals surface area contributed by atoms with Crippen molar-refractivity contribution in [2.45, 2.75) is 11.8 Å². The van der Waals surface area contributed by atoms with Gasteiger partial charge >= 0.3 is 5.63 Å². The number of nitrogens with zero attached hydrogens (tertiary/aromatic N) is 1. The van der Waals surface area contributed by atoms with Gasteiger partial charge in [-0.2, -0.15) is 4.31 Å². The molecule has 1 saturated heterocycles. The van der Waals surface area contributed by atoms with Gasteiger partial charge in [0.15, 0.2) is 6.61 Å². The van der Waals surface area contributed by atoms with Gasteiger partial charge < -0.3 is 19.2 Å². The summed E-state index contributed by atoms with van der Waals surface area (Å²) < 4.78 is 43.0. The molecule has 33 heavy (non-hydrogen) atoms.